The van der Waals surface area contributed by atoms with Crippen LogP contribution < -0.4 is 10.6 Å². The van der Waals surface area contributed by atoms with Crippen LogP contribution in [0.4, 0.5) is 11.6 Å². The second-order valence-electron chi connectivity index (χ2n) is 4.79. The molecule has 0 saturated heterocycles. The number of imidazole rings is 1. The molecule has 8 heteroatoms. The Balaban J connectivity index is 2.71. The number of amides is 1. The van der Waals surface area contributed by atoms with Crippen LogP contribution in [0.25, 0.3) is 0 Å². The molecular formula is C11H19N5O3. The van der Waals surface area contributed by atoms with Gasteiger partial charge >= 0.3 is 5.82 Å². The molecule has 0 aromatic carbocycles. The van der Waals surface area contributed by atoms with Crippen molar-refractivity contribution in [3.05, 3.63) is 16.4 Å². The lowest BCUT2D eigenvalue weighted by atomic mass is 10.2. The summed E-state index contributed by atoms with van der Waals surface area (Å²) >= 11 is 0. The minimum Gasteiger partial charge on any atom is -0.358 e. The summed E-state index contributed by atoms with van der Waals surface area (Å²) in [5, 5.41) is 16.4. The van der Waals surface area contributed by atoms with Gasteiger partial charge in [0.25, 0.3) is 0 Å². The molecule has 1 atom stereocenters. The van der Waals surface area contributed by atoms with Crippen molar-refractivity contribution in [1.82, 2.24) is 14.9 Å². The molecule has 0 aliphatic rings. The number of nitrogens with zero attached hydrogens (tertiary/aromatic N) is 3. The molecule has 2 N–H and O–H groups in total. The molecule has 0 spiro atoms. The van der Waals surface area contributed by atoms with E-state index in [4.69, 9.17) is 0 Å². The van der Waals surface area contributed by atoms with E-state index < -0.39 is 11.0 Å². The highest BCUT2D eigenvalue weighted by Gasteiger charge is 2.23. The van der Waals surface area contributed by atoms with Gasteiger partial charge in [0, 0.05) is 13.6 Å². The highest BCUT2D eigenvalue weighted by Crippen LogP contribution is 2.21. The van der Waals surface area contributed by atoms with Crippen molar-refractivity contribution < 1.29 is 9.72 Å². The van der Waals surface area contributed by atoms with Crippen LogP contribution in [0.3, 0.4) is 0 Å². The summed E-state index contributed by atoms with van der Waals surface area (Å²) in [6.07, 6.45) is 1.33. The van der Waals surface area contributed by atoms with Crippen LogP contribution in [0, 0.1) is 16.0 Å². The van der Waals surface area contributed by atoms with Gasteiger partial charge in [-0.05, 0) is 22.7 Å². The molecule has 1 aromatic rings. The van der Waals surface area contributed by atoms with Crippen LogP contribution in [-0.4, -0.2) is 33.0 Å². The summed E-state index contributed by atoms with van der Waals surface area (Å²) in [7, 11) is 1.63. The molecule has 0 fully saturated rings. The fraction of sp³-hybridized carbons (Fsp3) is 0.636. The number of aryl methyl sites for hydroxylation is 1. The minimum absolute atomic E-state index is 0.204. The molecule has 8 nitrogen and oxygen atoms in total. The summed E-state index contributed by atoms with van der Waals surface area (Å²) in [5.41, 5.74) is 0. The van der Waals surface area contributed by atoms with Crippen molar-refractivity contribution in [3.8, 4) is 0 Å². The number of carbonyl (C=O) groups excluding carboxylic acids is 1. The van der Waals surface area contributed by atoms with E-state index in [9.17, 15) is 14.9 Å². The van der Waals surface area contributed by atoms with Gasteiger partial charge in [0.2, 0.25) is 18.1 Å². The highest BCUT2D eigenvalue weighted by molar-refractivity contribution is 5.84. The average molecular weight is 269 g/mol. The quantitative estimate of drug-likeness (QED) is 0.590. The maximum Gasteiger partial charge on any atom is 0.406 e. The summed E-state index contributed by atoms with van der Waals surface area (Å²) in [4.78, 5) is 25.7. The molecule has 106 valence electrons. The fourth-order valence-corrected chi connectivity index (χ4v) is 1.45. The third-order valence-electron chi connectivity index (χ3n) is 2.52. The Morgan fingerprint density at radius 3 is 2.68 bits per heavy atom. The van der Waals surface area contributed by atoms with Gasteiger partial charge in [-0.3, -0.25) is 9.36 Å². The Morgan fingerprint density at radius 2 is 2.16 bits per heavy atom. The fourth-order valence-electron chi connectivity index (χ4n) is 1.45. The van der Waals surface area contributed by atoms with Gasteiger partial charge in [-0.1, -0.05) is 13.8 Å². The number of carbonyl (C=O) groups is 1. The second kappa shape index (κ2) is 6.17. The van der Waals surface area contributed by atoms with Crippen LogP contribution in [0.15, 0.2) is 6.33 Å². The molecule has 0 bridgehead atoms. The van der Waals surface area contributed by atoms with Crippen LogP contribution >= 0.6 is 0 Å². The zero-order valence-corrected chi connectivity index (χ0v) is 11.5. The Kier molecular flexibility index (Phi) is 4.85. The van der Waals surface area contributed by atoms with Crippen LogP contribution in [-0.2, 0) is 11.8 Å². The number of nitro groups is 1. The van der Waals surface area contributed by atoms with Crippen molar-refractivity contribution in [1.29, 1.82) is 0 Å². The van der Waals surface area contributed by atoms with E-state index >= 15 is 0 Å². The SMILES string of the molecule is CC(C)CNC(=O)C(C)Nc1c([N+](=O)[O-])ncn1C. The third-order valence-corrected chi connectivity index (χ3v) is 2.52. The highest BCUT2D eigenvalue weighted by atomic mass is 16.6. The van der Waals surface area contributed by atoms with E-state index in [0.717, 1.165) is 0 Å². The monoisotopic (exact) mass is 269 g/mol. The first-order valence-corrected chi connectivity index (χ1v) is 6.02. The molecule has 1 aromatic heterocycles. The molecule has 1 heterocycles. The normalized spacial score (nSPS) is 12.3. The maximum absolute atomic E-state index is 11.8. The van der Waals surface area contributed by atoms with Crippen molar-refractivity contribution in [2.24, 2.45) is 13.0 Å². The summed E-state index contributed by atoms with van der Waals surface area (Å²) in [5.74, 6) is 0.0783. The average Bonchev–Trinajstić information content (AvgIpc) is 2.68. The van der Waals surface area contributed by atoms with Crippen molar-refractivity contribution in [3.63, 3.8) is 0 Å². The van der Waals surface area contributed by atoms with Gasteiger partial charge in [0.15, 0.2) is 0 Å². The van der Waals surface area contributed by atoms with Crippen LogP contribution in [0.2, 0.25) is 0 Å². The smallest absolute Gasteiger partial charge is 0.358 e. The molecule has 1 unspecified atom stereocenters. The van der Waals surface area contributed by atoms with Gasteiger partial charge in [-0.15, -0.1) is 0 Å². The molecule has 0 aliphatic heterocycles. The largest absolute Gasteiger partial charge is 0.406 e. The Hall–Kier alpha value is -2.12. The topological polar surface area (TPSA) is 102 Å². The van der Waals surface area contributed by atoms with Gasteiger partial charge in [0.05, 0.1) is 0 Å². The first-order chi connectivity index (χ1) is 8.82. The van der Waals surface area contributed by atoms with Crippen LogP contribution in [0.5, 0.6) is 0 Å². The lowest BCUT2D eigenvalue weighted by molar-refractivity contribution is -0.388. The van der Waals surface area contributed by atoms with Gasteiger partial charge in [-0.25, -0.2) is 0 Å². The standard InChI is InChI=1S/C11H19N5O3/c1-7(2)5-12-11(17)8(3)14-10-9(16(18)19)13-6-15(10)4/h6-8,14H,5H2,1-4H3,(H,12,17). The van der Waals surface area contributed by atoms with Gasteiger partial charge in [-0.2, -0.15) is 0 Å². The van der Waals surface area contributed by atoms with E-state index in [0.29, 0.717) is 12.5 Å². The molecule has 1 rings (SSSR count). The van der Waals surface area contributed by atoms with Crippen molar-refractivity contribution in [2.75, 3.05) is 11.9 Å². The summed E-state index contributed by atoms with van der Waals surface area (Å²) < 4.78 is 1.48. The number of aromatic nitrogens is 2. The van der Waals surface area contributed by atoms with Gasteiger partial charge in [0.1, 0.15) is 6.04 Å². The van der Waals surface area contributed by atoms with E-state index in [2.05, 4.69) is 15.6 Å². The summed E-state index contributed by atoms with van der Waals surface area (Å²) in [6.45, 7) is 6.19. The first kappa shape index (κ1) is 14.9. The zero-order valence-electron chi connectivity index (χ0n) is 11.5. The second-order valence-corrected chi connectivity index (χ2v) is 4.79. The Bertz CT molecular complexity index is 469. The molecule has 19 heavy (non-hydrogen) atoms. The lowest BCUT2D eigenvalue weighted by Gasteiger charge is -2.15. The van der Waals surface area contributed by atoms with E-state index in [1.807, 2.05) is 13.8 Å². The minimum atomic E-state index is -0.582. The number of nitrogens with one attached hydrogen (secondary N) is 2. The number of hydrogen-bond donors (Lipinski definition) is 2. The number of anilines is 1. The van der Waals surface area contributed by atoms with E-state index in [-0.39, 0.29) is 17.5 Å². The van der Waals surface area contributed by atoms with Gasteiger partial charge < -0.3 is 20.7 Å². The molecular weight excluding hydrogens is 250 g/mol. The van der Waals surface area contributed by atoms with Crippen molar-refractivity contribution >= 4 is 17.5 Å². The van der Waals surface area contributed by atoms with Crippen LogP contribution in [0.1, 0.15) is 20.8 Å². The Morgan fingerprint density at radius 1 is 1.53 bits per heavy atom. The molecule has 1 amide bonds. The molecule has 0 saturated carbocycles. The predicted molar refractivity (Wildman–Crippen MR) is 70.8 cm³/mol. The van der Waals surface area contributed by atoms with Crippen molar-refractivity contribution in [2.45, 2.75) is 26.8 Å². The lowest BCUT2D eigenvalue weighted by Crippen LogP contribution is -2.39. The first-order valence-electron chi connectivity index (χ1n) is 6.02. The molecule has 0 radical (unpaired) electrons. The summed E-state index contributed by atoms with van der Waals surface area (Å²) in [6, 6.07) is -0.576. The predicted octanol–water partition coefficient (Wildman–Crippen LogP) is 0.901. The molecule has 0 aliphatic carbocycles. The third kappa shape index (κ3) is 3.94. The maximum atomic E-state index is 11.8. The number of rotatable bonds is 6. The number of hydrogen-bond acceptors (Lipinski definition) is 5. The Labute approximate surface area is 111 Å². The van der Waals surface area contributed by atoms with E-state index in [1.54, 1.807) is 14.0 Å². The van der Waals surface area contributed by atoms with E-state index in [1.165, 1.54) is 10.9 Å². The zero-order chi connectivity index (χ0) is 14.6.